The summed E-state index contributed by atoms with van der Waals surface area (Å²) in [4.78, 5) is 24.3. The van der Waals surface area contributed by atoms with Crippen molar-refractivity contribution in [2.75, 3.05) is 19.0 Å². The van der Waals surface area contributed by atoms with Crippen LogP contribution in [0.1, 0.15) is 10.4 Å². The van der Waals surface area contributed by atoms with Crippen LogP contribution in [0.15, 0.2) is 33.5 Å². The van der Waals surface area contributed by atoms with E-state index in [4.69, 9.17) is 9.52 Å². The van der Waals surface area contributed by atoms with Gasteiger partial charge in [-0.05, 0) is 12.1 Å². The third-order valence-corrected chi connectivity index (χ3v) is 2.45. The Morgan fingerprint density at radius 2 is 1.94 bits per heavy atom. The van der Waals surface area contributed by atoms with Gasteiger partial charge < -0.3 is 14.4 Å². The minimum Gasteiger partial charge on any atom is -0.477 e. The third kappa shape index (κ3) is 1.75. The quantitative estimate of drug-likeness (QED) is 0.797. The summed E-state index contributed by atoms with van der Waals surface area (Å²) in [7, 11) is 3.38. The average molecular weight is 233 g/mol. The fourth-order valence-corrected chi connectivity index (χ4v) is 1.79. The molecule has 88 valence electrons. The average Bonchev–Trinajstić information content (AvgIpc) is 2.26. The van der Waals surface area contributed by atoms with Gasteiger partial charge in [-0.1, -0.05) is 12.1 Å². The molecule has 1 heterocycles. The van der Waals surface area contributed by atoms with Crippen LogP contribution >= 0.6 is 0 Å². The van der Waals surface area contributed by atoms with Crippen LogP contribution in [0.3, 0.4) is 0 Å². The maximum absolute atomic E-state index is 11.6. The van der Waals surface area contributed by atoms with Crippen LogP contribution in [0.5, 0.6) is 0 Å². The topological polar surface area (TPSA) is 70.8 Å². The fraction of sp³-hybridized carbons (Fsp3) is 0.167. The molecule has 0 aliphatic carbocycles. The number of rotatable bonds is 2. The van der Waals surface area contributed by atoms with E-state index in [1.807, 2.05) is 0 Å². The standard InChI is InChI=1S/C12H11NO4/c1-13(2)10-7-5-3-4-6-8(7)17-12(16)9(10)11(14)15/h3-6H,1-2H3,(H,14,15). The van der Waals surface area contributed by atoms with Crippen LogP contribution in [0.25, 0.3) is 11.0 Å². The van der Waals surface area contributed by atoms with Crippen molar-refractivity contribution in [1.82, 2.24) is 0 Å². The number of benzene rings is 1. The lowest BCUT2D eigenvalue weighted by atomic mass is 10.1. The molecule has 0 aliphatic heterocycles. The van der Waals surface area contributed by atoms with Gasteiger partial charge in [0.25, 0.3) is 0 Å². The summed E-state index contributed by atoms with van der Waals surface area (Å²) in [6.45, 7) is 0. The lowest BCUT2D eigenvalue weighted by Crippen LogP contribution is -2.21. The fourth-order valence-electron chi connectivity index (χ4n) is 1.79. The first-order valence-corrected chi connectivity index (χ1v) is 4.99. The van der Waals surface area contributed by atoms with E-state index in [1.165, 1.54) is 0 Å². The van der Waals surface area contributed by atoms with Gasteiger partial charge in [0.05, 0.1) is 5.69 Å². The molecule has 5 nitrogen and oxygen atoms in total. The molecule has 1 aromatic heterocycles. The third-order valence-electron chi connectivity index (χ3n) is 2.45. The lowest BCUT2D eigenvalue weighted by molar-refractivity contribution is 0.0693. The molecular weight excluding hydrogens is 222 g/mol. The Bertz CT molecular complexity index is 642. The van der Waals surface area contributed by atoms with Crippen molar-refractivity contribution >= 4 is 22.6 Å². The summed E-state index contributed by atoms with van der Waals surface area (Å²) >= 11 is 0. The molecule has 0 spiro atoms. The minimum atomic E-state index is -1.28. The zero-order chi connectivity index (χ0) is 12.6. The number of fused-ring (bicyclic) bond motifs is 1. The van der Waals surface area contributed by atoms with E-state index in [2.05, 4.69) is 0 Å². The Labute approximate surface area is 96.9 Å². The maximum atomic E-state index is 11.6. The first kappa shape index (κ1) is 11.2. The zero-order valence-electron chi connectivity index (χ0n) is 9.43. The van der Waals surface area contributed by atoms with Gasteiger partial charge in [-0.2, -0.15) is 0 Å². The summed E-state index contributed by atoms with van der Waals surface area (Å²) in [6.07, 6.45) is 0. The van der Waals surface area contributed by atoms with Crippen molar-refractivity contribution in [2.24, 2.45) is 0 Å². The van der Waals surface area contributed by atoms with E-state index >= 15 is 0 Å². The number of nitrogens with zero attached hydrogens (tertiary/aromatic N) is 1. The first-order valence-electron chi connectivity index (χ1n) is 4.99. The van der Waals surface area contributed by atoms with Crippen molar-refractivity contribution in [2.45, 2.75) is 0 Å². The molecule has 0 aliphatic rings. The highest BCUT2D eigenvalue weighted by Crippen LogP contribution is 2.27. The molecule has 0 bridgehead atoms. The monoisotopic (exact) mass is 233 g/mol. The zero-order valence-corrected chi connectivity index (χ0v) is 9.43. The van der Waals surface area contributed by atoms with Gasteiger partial charge in [0, 0.05) is 19.5 Å². The highest BCUT2D eigenvalue weighted by molar-refractivity contribution is 6.03. The predicted molar refractivity (Wildman–Crippen MR) is 63.8 cm³/mol. The lowest BCUT2D eigenvalue weighted by Gasteiger charge is -2.16. The summed E-state index contributed by atoms with van der Waals surface area (Å²) in [5.74, 6) is -1.28. The van der Waals surface area contributed by atoms with Gasteiger partial charge in [0.15, 0.2) is 5.56 Å². The Kier molecular flexibility index (Phi) is 2.59. The Balaban J connectivity index is 2.99. The Morgan fingerprint density at radius 3 is 2.53 bits per heavy atom. The van der Waals surface area contributed by atoms with E-state index < -0.39 is 11.6 Å². The van der Waals surface area contributed by atoms with E-state index in [-0.39, 0.29) is 5.56 Å². The molecule has 0 unspecified atom stereocenters. The van der Waals surface area contributed by atoms with E-state index in [0.29, 0.717) is 16.7 Å². The molecule has 0 atom stereocenters. The number of carboxylic acids is 1. The van der Waals surface area contributed by atoms with Gasteiger partial charge in [-0.25, -0.2) is 9.59 Å². The van der Waals surface area contributed by atoms with Gasteiger partial charge in [-0.3, -0.25) is 0 Å². The molecule has 0 radical (unpaired) electrons. The molecule has 17 heavy (non-hydrogen) atoms. The van der Waals surface area contributed by atoms with E-state index in [9.17, 15) is 9.59 Å². The van der Waals surface area contributed by atoms with Crippen LogP contribution in [0.4, 0.5) is 5.69 Å². The number of carbonyl (C=O) groups is 1. The molecule has 0 saturated carbocycles. The number of anilines is 1. The highest BCUT2D eigenvalue weighted by atomic mass is 16.4. The summed E-state index contributed by atoms with van der Waals surface area (Å²) in [6, 6.07) is 6.85. The van der Waals surface area contributed by atoms with Crippen molar-refractivity contribution in [3.63, 3.8) is 0 Å². The van der Waals surface area contributed by atoms with Crippen molar-refractivity contribution in [3.8, 4) is 0 Å². The molecular formula is C12H11NO4. The van der Waals surface area contributed by atoms with Crippen LogP contribution in [0.2, 0.25) is 0 Å². The highest BCUT2D eigenvalue weighted by Gasteiger charge is 2.21. The van der Waals surface area contributed by atoms with Gasteiger partial charge in [0.2, 0.25) is 0 Å². The normalized spacial score (nSPS) is 10.5. The van der Waals surface area contributed by atoms with Gasteiger partial charge in [-0.15, -0.1) is 0 Å². The number of aromatic carboxylic acids is 1. The SMILES string of the molecule is CN(C)c1c(C(=O)O)c(=O)oc2ccccc12. The maximum Gasteiger partial charge on any atom is 0.353 e. The molecule has 2 rings (SSSR count). The summed E-state index contributed by atoms with van der Waals surface area (Å²) in [5.41, 5.74) is -0.427. The molecule has 2 aromatic rings. The van der Waals surface area contributed by atoms with Crippen LogP contribution in [-0.2, 0) is 0 Å². The van der Waals surface area contributed by atoms with Crippen molar-refractivity contribution in [1.29, 1.82) is 0 Å². The second-order valence-electron chi connectivity index (χ2n) is 3.81. The van der Waals surface area contributed by atoms with Gasteiger partial charge in [0.1, 0.15) is 5.58 Å². The molecule has 1 N–H and O–H groups in total. The molecule has 0 saturated heterocycles. The second-order valence-corrected chi connectivity index (χ2v) is 3.81. The minimum absolute atomic E-state index is 0.339. The Hall–Kier alpha value is -2.30. The number of hydrogen-bond donors (Lipinski definition) is 1. The predicted octanol–water partition coefficient (Wildman–Crippen LogP) is 1.56. The molecule has 5 heteroatoms. The number of hydrogen-bond acceptors (Lipinski definition) is 4. The largest absolute Gasteiger partial charge is 0.477 e. The van der Waals surface area contributed by atoms with Crippen LogP contribution in [0, 0.1) is 0 Å². The van der Waals surface area contributed by atoms with E-state index in [1.54, 1.807) is 43.3 Å². The van der Waals surface area contributed by atoms with Gasteiger partial charge >= 0.3 is 11.6 Å². The smallest absolute Gasteiger partial charge is 0.353 e. The van der Waals surface area contributed by atoms with Crippen LogP contribution < -0.4 is 10.5 Å². The Morgan fingerprint density at radius 1 is 1.29 bits per heavy atom. The second kappa shape index (κ2) is 3.93. The molecule has 0 fully saturated rings. The van der Waals surface area contributed by atoms with Crippen molar-refractivity contribution in [3.05, 3.63) is 40.2 Å². The number of carboxylic acid groups (broad SMARTS) is 1. The summed E-state index contributed by atoms with van der Waals surface area (Å²) < 4.78 is 4.98. The van der Waals surface area contributed by atoms with Crippen molar-refractivity contribution < 1.29 is 14.3 Å². The summed E-state index contributed by atoms with van der Waals surface area (Å²) in [5, 5.41) is 9.67. The number of para-hydroxylation sites is 1. The van der Waals surface area contributed by atoms with Crippen LogP contribution in [-0.4, -0.2) is 25.2 Å². The molecule has 1 aromatic carbocycles. The van der Waals surface area contributed by atoms with E-state index in [0.717, 1.165) is 0 Å². The first-order chi connectivity index (χ1) is 8.02. The molecule has 0 amide bonds.